The average molecular weight is 266 g/mol. The second-order valence-corrected chi connectivity index (χ2v) is 4.61. The molecule has 0 aliphatic heterocycles. The van der Waals surface area contributed by atoms with Crippen LogP contribution in [0.25, 0.3) is 5.69 Å². The highest BCUT2D eigenvalue weighted by molar-refractivity contribution is 6.30. The summed E-state index contributed by atoms with van der Waals surface area (Å²) in [6.45, 7) is 2.72. The first-order valence-electron chi connectivity index (χ1n) is 5.84. The van der Waals surface area contributed by atoms with E-state index in [9.17, 15) is 4.79 Å². The minimum absolute atomic E-state index is 0.0391. The molecule has 1 heterocycles. The lowest BCUT2D eigenvalue weighted by atomic mass is 10.2. The number of aromatic nitrogens is 2. The Morgan fingerprint density at radius 3 is 2.89 bits per heavy atom. The van der Waals surface area contributed by atoms with Gasteiger partial charge in [-0.3, -0.25) is 14.6 Å². The molecule has 0 radical (unpaired) electrons. The third-order valence-corrected chi connectivity index (χ3v) is 3.19. The van der Waals surface area contributed by atoms with Gasteiger partial charge in [0.05, 0.1) is 5.69 Å². The number of benzene rings is 1. The van der Waals surface area contributed by atoms with Crippen LogP contribution >= 0.6 is 11.6 Å². The van der Waals surface area contributed by atoms with Gasteiger partial charge in [0.15, 0.2) is 0 Å². The lowest BCUT2D eigenvalue weighted by molar-refractivity contribution is 0.783. The first-order chi connectivity index (χ1) is 8.63. The number of hydrogen-bond donors (Lipinski definition) is 2. The number of aromatic amines is 1. The van der Waals surface area contributed by atoms with Crippen LogP contribution in [0.5, 0.6) is 0 Å². The number of likely N-dealkylation sites (N-methyl/N-ethyl adjacent to an activating group) is 1. The Hall–Kier alpha value is -1.52. The number of nitrogens with one attached hydrogen (secondary N) is 2. The van der Waals surface area contributed by atoms with E-state index in [-0.39, 0.29) is 5.56 Å². The fraction of sp³-hybridized carbons (Fsp3) is 0.308. The summed E-state index contributed by atoms with van der Waals surface area (Å²) >= 11 is 5.96. The minimum Gasteiger partial charge on any atom is -0.319 e. The Kier molecular flexibility index (Phi) is 3.89. The highest BCUT2D eigenvalue weighted by Crippen LogP contribution is 2.16. The summed E-state index contributed by atoms with van der Waals surface area (Å²) in [5, 5.41) is 6.54. The van der Waals surface area contributed by atoms with Crippen LogP contribution in [0.1, 0.15) is 11.3 Å². The molecule has 18 heavy (non-hydrogen) atoms. The topological polar surface area (TPSA) is 49.8 Å². The molecule has 0 saturated heterocycles. The van der Waals surface area contributed by atoms with Gasteiger partial charge in [0.2, 0.25) is 0 Å². The molecule has 96 valence electrons. The van der Waals surface area contributed by atoms with E-state index >= 15 is 0 Å². The second kappa shape index (κ2) is 5.42. The van der Waals surface area contributed by atoms with Crippen molar-refractivity contribution in [1.29, 1.82) is 0 Å². The molecule has 2 aromatic rings. The summed E-state index contributed by atoms with van der Waals surface area (Å²) in [5.41, 5.74) is 2.57. The Balaban J connectivity index is 2.44. The van der Waals surface area contributed by atoms with E-state index in [2.05, 4.69) is 10.4 Å². The molecule has 0 fully saturated rings. The molecule has 2 rings (SSSR count). The highest BCUT2D eigenvalue weighted by Gasteiger charge is 2.11. The molecule has 0 atom stereocenters. The Morgan fingerprint density at radius 2 is 2.22 bits per heavy atom. The SMILES string of the molecule is CNCCc1c(C)n(-c2cccc(Cl)c2)[nH]c1=O. The van der Waals surface area contributed by atoms with Gasteiger partial charge in [-0.2, -0.15) is 0 Å². The van der Waals surface area contributed by atoms with Crippen LogP contribution in [-0.2, 0) is 6.42 Å². The zero-order chi connectivity index (χ0) is 13.1. The fourth-order valence-corrected chi connectivity index (χ4v) is 2.15. The summed E-state index contributed by atoms with van der Waals surface area (Å²) in [6.07, 6.45) is 0.714. The van der Waals surface area contributed by atoms with Crippen molar-refractivity contribution in [2.45, 2.75) is 13.3 Å². The molecule has 0 aliphatic carbocycles. The van der Waals surface area contributed by atoms with Gasteiger partial charge in [0.25, 0.3) is 5.56 Å². The normalized spacial score (nSPS) is 10.8. The van der Waals surface area contributed by atoms with E-state index in [1.807, 2.05) is 38.2 Å². The van der Waals surface area contributed by atoms with Gasteiger partial charge in [-0.25, -0.2) is 0 Å². The van der Waals surface area contributed by atoms with E-state index < -0.39 is 0 Å². The minimum atomic E-state index is -0.0391. The molecule has 2 N–H and O–H groups in total. The van der Waals surface area contributed by atoms with Gasteiger partial charge in [-0.1, -0.05) is 17.7 Å². The van der Waals surface area contributed by atoms with E-state index in [4.69, 9.17) is 11.6 Å². The van der Waals surface area contributed by atoms with Crippen molar-refractivity contribution in [2.75, 3.05) is 13.6 Å². The molecular weight excluding hydrogens is 250 g/mol. The summed E-state index contributed by atoms with van der Waals surface area (Å²) in [7, 11) is 1.87. The maximum atomic E-state index is 11.9. The van der Waals surface area contributed by atoms with Crippen LogP contribution < -0.4 is 10.9 Å². The highest BCUT2D eigenvalue weighted by atomic mass is 35.5. The maximum Gasteiger partial charge on any atom is 0.267 e. The molecule has 0 unspecified atom stereocenters. The van der Waals surface area contributed by atoms with Crippen molar-refractivity contribution in [3.05, 3.63) is 50.9 Å². The molecule has 0 amide bonds. The van der Waals surface area contributed by atoms with E-state index in [1.165, 1.54) is 0 Å². The Labute approximate surface area is 111 Å². The van der Waals surface area contributed by atoms with Crippen molar-refractivity contribution >= 4 is 11.6 Å². The summed E-state index contributed by atoms with van der Waals surface area (Å²) in [4.78, 5) is 11.9. The number of H-pyrrole nitrogens is 1. The number of hydrogen-bond acceptors (Lipinski definition) is 2. The van der Waals surface area contributed by atoms with Gasteiger partial charge < -0.3 is 5.32 Å². The molecule has 1 aromatic carbocycles. The van der Waals surface area contributed by atoms with Crippen molar-refractivity contribution in [3.63, 3.8) is 0 Å². The lowest BCUT2D eigenvalue weighted by Gasteiger charge is -2.06. The quantitative estimate of drug-likeness (QED) is 0.887. The van der Waals surface area contributed by atoms with Gasteiger partial charge in [-0.05, 0) is 45.1 Å². The number of rotatable bonds is 4. The smallest absolute Gasteiger partial charge is 0.267 e. The standard InChI is InChI=1S/C13H16ClN3O/c1-9-12(6-7-15-2)13(18)16-17(9)11-5-3-4-10(14)8-11/h3-5,8,15H,6-7H2,1-2H3,(H,16,18). The number of nitrogens with zero attached hydrogens (tertiary/aromatic N) is 1. The van der Waals surface area contributed by atoms with Crippen LogP contribution in [0.2, 0.25) is 5.02 Å². The third-order valence-electron chi connectivity index (χ3n) is 2.95. The molecule has 0 saturated carbocycles. The molecule has 5 heteroatoms. The first kappa shape index (κ1) is 12.9. The van der Waals surface area contributed by atoms with Crippen molar-refractivity contribution in [3.8, 4) is 5.69 Å². The van der Waals surface area contributed by atoms with E-state index in [0.29, 0.717) is 11.4 Å². The molecule has 0 aliphatic rings. The maximum absolute atomic E-state index is 11.9. The number of halogens is 1. The van der Waals surface area contributed by atoms with Crippen molar-refractivity contribution in [2.24, 2.45) is 0 Å². The first-order valence-corrected chi connectivity index (χ1v) is 6.22. The van der Waals surface area contributed by atoms with Crippen LogP contribution in [0, 0.1) is 6.92 Å². The van der Waals surface area contributed by atoms with Gasteiger partial charge in [-0.15, -0.1) is 0 Å². The monoisotopic (exact) mass is 265 g/mol. The summed E-state index contributed by atoms with van der Waals surface area (Å²) in [6, 6.07) is 7.41. The summed E-state index contributed by atoms with van der Waals surface area (Å²) < 4.78 is 1.78. The van der Waals surface area contributed by atoms with Crippen LogP contribution in [0.3, 0.4) is 0 Å². The lowest BCUT2D eigenvalue weighted by Crippen LogP contribution is -2.15. The predicted octanol–water partition coefficient (Wildman–Crippen LogP) is 1.89. The van der Waals surface area contributed by atoms with E-state index in [0.717, 1.165) is 23.5 Å². The van der Waals surface area contributed by atoms with E-state index in [1.54, 1.807) is 4.68 Å². The van der Waals surface area contributed by atoms with Gasteiger partial charge in [0, 0.05) is 16.3 Å². The zero-order valence-corrected chi connectivity index (χ0v) is 11.2. The Bertz CT molecular complexity index is 601. The fourth-order valence-electron chi connectivity index (χ4n) is 1.97. The molecule has 1 aromatic heterocycles. The second-order valence-electron chi connectivity index (χ2n) is 4.17. The zero-order valence-electron chi connectivity index (χ0n) is 10.5. The van der Waals surface area contributed by atoms with Crippen molar-refractivity contribution in [1.82, 2.24) is 15.1 Å². The predicted molar refractivity (Wildman–Crippen MR) is 73.8 cm³/mol. The van der Waals surface area contributed by atoms with Crippen LogP contribution in [0.4, 0.5) is 0 Å². The van der Waals surface area contributed by atoms with Gasteiger partial charge >= 0.3 is 0 Å². The molecular formula is C13H16ClN3O. The molecule has 4 nitrogen and oxygen atoms in total. The molecule has 0 spiro atoms. The van der Waals surface area contributed by atoms with Crippen LogP contribution in [0.15, 0.2) is 29.1 Å². The Morgan fingerprint density at radius 1 is 1.44 bits per heavy atom. The largest absolute Gasteiger partial charge is 0.319 e. The van der Waals surface area contributed by atoms with Crippen molar-refractivity contribution < 1.29 is 0 Å². The third kappa shape index (κ3) is 2.49. The summed E-state index contributed by atoms with van der Waals surface area (Å²) in [5.74, 6) is 0. The average Bonchev–Trinajstić information content (AvgIpc) is 2.63. The van der Waals surface area contributed by atoms with Gasteiger partial charge in [0.1, 0.15) is 0 Å². The van der Waals surface area contributed by atoms with Crippen LogP contribution in [-0.4, -0.2) is 23.4 Å². The molecule has 0 bridgehead atoms.